The lowest BCUT2D eigenvalue weighted by atomic mass is 10.1. The van der Waals surface area contributed by atoms with Crippen LogP contribution in [0.2, 0.25) is 0 Å². The maximum absolute atomic E-state index is 12.8. The number of halogens is 3. The van der Waals surface area contributed by atoms with Gasteiger partial charge in [0.05, 0.1) is 5.56 Å². The fourth-order valence-electron chi connectivity index (χ4n) is 1.79. The van der Waals surface area contributed by atoms with Crippen molar-refractivity contribution in [2.24, 2.45) is 0 Å². The molecule has 0 fully saturated rings. The molecule has 0 spiro atoms. The van der Waals surface area contributed by atoms with E-state index in [0.29, 0.717) is 0 Å². The third kappa shape index (κ3) is 4.08. The Hall–Kier alpha value is -2.30. The molecule has 2 aromatic rings. The summed E-state index contributed by atoms with van der Waals surface area (Å²) in [5.74, 6) is -0.412. The molecule has 0 aromatic heterocycles. The molecule has 0 saturated heterocycles. The Morgan fingerprint density at radius 1 is 1.10 bits per heavy atom. The van der Waals surface area contributed by atoms with Crippen LogP contribution in [-0.2, 0) is 12.8 Å². The van der Waals surface area contributed by atoms with E-state index in [9.17, 15) is 18.0 Å². The summed E-state index contributed by atoms with van der Waals surface area (Å²) >= 11 is 0. The number of benzene rings is 2. The summed E-state index contributed by atoms with van der Waals surface area (Å²) in [6.07, 6.45) is -4.52. The fourth-order valence-corrected chi connectivity index (χ4v) is 1.79. The number of carbonyl (C=O) groups excluding carboxylic acids is 1. The highest BCUT2D eigenvalue weighted by Gasteiger charge is 2.31. The monoisotopic (exact) mass is 294 g/mol. The summed E-state index contributed by atoms with van der Waals surface area (Å²) < 4.78 is 43.8. The normalized spacial score (nSPS) is 11.2. The molecule has 0 heterocycles. The highest BCUT2D eigenvalue weighted by atomic mass is 19.4. The van der Waals surface area contributed by atoms with Gasteiger partial charge in [-0.05, 0) is 30.7 Å². The number of hydrogen-bond donors (Lipinski definition) is 0. The smallest absolute Gasteiger partial charge is 0.416 e. The molecule has 2 aromatic carbocycles. The second-order valence-corrected chi connectivity index (χ2v) is 4.57. The molecule has 0 atom stereocenters. The molecule has 0 aliphatic carbocycles. The van der Waals surface area contributed by atoms with Gasteiger partial charge in [-0.3, -0.25) is 4.79 Å². The molecule has 0 radical (unpaired) electrons. The Labute approximate surface area is 120 Å². The lowest BCUT2D eigenvalue weighted by molar-refractivity contribution is -0.137. The van der Waals surface area contributed by atoms with E-state index in [-0.39, 0.29) is 17.9 Å². The van der Waals surface area contributed by atoms with E-state index >= 15 is 0 Å². The predicted molar refractivity (Wildman–Crippen MR) is 72.2 cm³/mol. The minimum absolute atomic E-state index is 0.0205. The number of carbonyl (C=O) groups is 1. The van der Waals surface area contributed by atoms with E-state index in [1.807, 2.05) is 18.2 Å². The standard InChI is InChI=1S/C16H13F3O2/c1-11(20)13-7-14(16(17,18)19)9-15(8-13)21-10-12-5-3-2-4-6-12/h2-9H,10H2,1H3. The zero-order valence-electron chi connectivity index (χ0n) is 11.3. The van der Waals surface area contributed by atoms with E-state index in [4.69, 9.17) is 4.74 Å². The number of ketones is 1. The summed E-state index contributed by atoms with van der Waals surface area (Å²) in [5.41, 5.74) is -0.0783. The van der Waals surface area contributed by atoms with E-state index in [2.05, 4.69) is 0 Å². The maximum Gasteiger partial charge on any atom is 0.416 e. The van der Waals surface area contributed by atoms with Gasteiger partial charge in [-0.15, -0.1) is 0 Å². The van der Waals surface area contributed by atoms with Gasteiger partial charge in [0.25, 0.3) is 0 Å². The van der Waals surface area contributed by atoms with Crippen molar-refractivity contribution in [3.63, 3.8) is 0 Å². The molecule has 0 N–H and O–H groups in total. The van der Waals surface area contributed by atoms with Crippen molar-refractivity contribution >= 4 is 5.78 Å². The summed E-state index contributed by atoms with van der Waals surface area (Å²) in [6, 6.07) is 12.1. The minimum atomic E-state index is -4.52. The average molecular weight is 294 g/mol. The average Bonchev–Trinajstić information content (AvgIpc) is 2.45. The third-order valence-electron chi connectivity index (χ3n) is 2.89. The van der Waals surface area contributed by atoms with Crippen LogP contribution >= 0.6 is 0 Å². The molecule has 110 valence electrons. The van der Waals surface area contributed by atoms with Gasteiger partial charge in [0.2, 0.25) is 0 Å². The molecule has 0 aliphatic rings. The number of rotatable bonds is 4. The second-order valence-electron chi connectivity index (χ2n) is 4.57. The van der Waals surface area contributed by atoms with Gasteiger partial charge < -0.3 is 4.74 Å². The van der Waals surface area contributed by atoms with Gasteiger partial charge in [0.15, 0.2) is 5.78 Å². The number of Topliss-reactive ketones (excluding diaryl/α,β-unsaturated/α-hetero) is 1. The van der Waals surface area contributed by atoms with Gasteiger partial charge in [-0.1, -0.05) is 30.3 Å². The maximum atomic E-state index is 12.8. The van der Waals surface area contributed by atoms with E-state index in [1.165, 1.54) is 13.0 Å². The lowest BCUT2D eigenvalue weighted by Crippen LogP contribution is -2.08. The summed E-state index contributed by atoms with van der Waals surface area (Å²) in [7, 11) is 0. The lowest BCUT2D eigenvalue weighted by Gasteiger charge is -2.12. The highest BCUT2D eigenvalue weighted by molar-refractivity contribution is 5.94. The first-order chi connectivity index (χ1) is 9.86. The molecular formula is C16H13F3O2. The number of hydrogen-bond acceptors (Lipinski definition) is 2. The van der Waals surface area contributed by atoms with Crippen LogP contribution in [-0.4, -0.2) is 5.78 Å². The Morgan fingerprint density at radius 2 is 1.76 bits per heavy atom. The van der Waals surface area contributed by atoms with Crippen LogP contribution in [0.4, 0.5) is 13.2 Å². The van der Waals surface area contributed by atoms with Crippen molar-refractivity contribution in [3.05, 3.63) is 65.2 Å². The van der Waals surface area contributed by atoms with Crippen LogP contribution < -0.4 is 4.74 Å². The molecule has 0 amide bonds. The molecule has 0 saturated carbocycles. The summed E-state index contributed by atoms with van der Waals surface area (Å²) in [4.78, 5) is 11.3. The molecule has 21 heavy (non-hydrogen) atoms. The van der Waals surface area contributed by atoms with Gasteiger partial charge in [0, 0.05) is 5.56 Å². The summed E-state index contributed by atoms with van der Waals surface area (Å²) in [5, 5.41) is 0. The zero-order chi connectivity index (χ0) is 15.5. The van der Waals surface area contributed by atoms with Gasteiger partial charge >= 0.3 is 6.18 Å². The second kappa shape index (κ2) is 5.99. The zero-order valence-corrected chi connectivity index (χ0v) is 11.3. The predicted octanol–water partition coefficient (Wildman–Crippen LogP) is 4.49. The van der Waals surface area contributed by atoms with Crippen LogP contribution in [0, 0.1) is 0 Å². The SMILES string of the molecule is CC(=O)c1cc(OCc2ccccc2)cc(C(F)(F)F)c1. The van der Waals surface area contributed by atoms with Gasteiger partial charge in [0.1, 0.15) is 12.4 Å². The molecule has 0 bridgehead atoms. The van der Waals surface area contributed by atoms with Crippen molar-refractivity contribution in [2.45, 2.75) is 19.7 Å². The first-order valence-electron chi connectivity index (χ1n) is 6.26. The van der Waals surface area contributed by atoms with Crippen molar-refractivity contribution in [3.8, 4) is 5.75 Å². The van der Waals surface area contributed by atoms with Crippen LogP contribution in [0.1, 0.15) is 28.4 Å². The minimum Gasteiger partial charge on any atom is -0.489 e. The molecule has 0 unspecified atom stereocenters. The Bertz CT molecular complexity index is 634. The van der Waals surface area contributed by atoms with Crippen LogP contribution in [0.25, 0.3) is 0 Å². The number of ether oxygens (including phenoxy) is 1. The molecular weight excluding hydrogens is 281 g/mol. The highest BCUT2D eigenvalue weighted by Crippen LogP contribution is 2.33. The molecule has 0 aliphatic heterocycles. The van der Waals surface area contributed by atoms with Crippen molar-refractivity contribution in [1.82, 2.24) is 0 Å². The fraction of sp³-hybridized carbons (Fsp3) is 0.188. The van der Waals surface area contributed by atoms with E-state index < -0.39 is 17.5 Å². The Morgan fingerprint density at radius 3 is 2.33 bits per heavy atom. The Balaban J connectivity index is 2.26. The topological polar surface area (TPSA) is 26.3 Å². The van der Waals surface area contributed by atoms with Gasteiger partial charge in [-0.2, -0.15) is 13.2 Å². The quantitative estimate of drug-likeness (QED) is 0.777. The van der Waals surface area contributed by atoms with Crippen LogP contribution in [0.3, 0.4) is 0 Å². The molecule has 2 nitrogen and oxygen atoms in total. The van der Waals surface area contributed by atoms with Crippen LogP contribution in [0.5, 0.6) is 5.75 Å². The summed E-state index contributed by atoms with van der Waals surface area (Å²) in [6.45, 7) is 1.36. The van der Waals surface area contributed by atoms with E-state index in [0.717, 1.165) is 17.7 Å². The largest absolute Gasteiger partial charge is 0.489 e. The van der Waals surface area contributed by atoms with Crippen molar-refractivity contribution in [2.75, 3.05) is 0 Å². The van der Waals surface area contributed by atoms with Crippen molar-refractivity contribution in [1.29, 1.82) is 0 Å². The van der Waals surface area contributed by atoms with Crippen molar-refractivity contribution < 1.29 is 22.7 Å². The first-order valence-corrected chi connectivity index (χ1v) is 6.26. The van der Waals surface area contributed by atoms with Gasteiger partial charge in [-0.25, -0.2) is 0 Å². The number of alkyl halides is 3. The van der Waals surface area contributed by atoms with Crippen LogP contribution in [0.15, 0.2) is 48.5 Å². The van der Waals surface area contributed by atoms with E-state index in [1.54, 1.807) is 12.1 Å². The third-order valence-corrected chi connectivity index (χ3v) is 2.89. The molecule has 5 heteroatoms. The Kier molecular flexibility index (Phi) is 4.31. The molecule has 2 rings (SSSR count). The first kappa shape index (κ1) is 15.1.